The SMILES string of the molecule is Cc1ccccc1N(CC(=O)Nc1cc(Cl)cc(Cl)c1)S(=O)(=O)c1ccccc1. The number of nitrogens with one attached hydrogen (secondary N) is 1. The van der Waals surface area contributed by atoms with Crippen molar-refractivity contribution < 1.29 is 13.2 Å². The van der Waals surface area contributed by atoms with Gasteiger partial charge in [-0.3, -0.25) is 9.10 Å². The quantitative estimate of drug-likeness (QED) is 0.567. The summed E-state index contributed by atoms with van der Waals surface area (Å²) < 4.78 is 27.7. The first kappa shape index (κ1) is 21.2. The summed E-state index contributed by atoms with van der Waals surface area (Å²) in [5.74, 6) is -0.522. The van der Waals surface area contributed by atoms with Gasteiger partial charge < -0.3 is 5.32 Å². The van der Waals surface area contributed by atoms with Gasteiger partial charge in [0.15, 0.2) is 0 Å². The van der Waals surface area contributed by atoms with Gasteiger partial charge in [0.05, 0.1) is 10.6 Å². The second-order valence-corrected chi connectivity index (χ2v) is 9.05. The van der Waals surface area contributed by atoms with Crippen molar-refractivity contribution in [2.45, 2.75) is 11.8 Å². The molecular formula is C21H18Cl2N2O3S. The third-order valence-electron chi connectivity index (χ3n) is 4.15. The van der Waals surface area contributed by atoms with E-state index in [0.717, 1.165) is 9.87 Å². The van der Waals surface area contributed by atoms with Crippen molar-refractivity contribution in [2.75, 3.05) is 16.2 Å². The van der Waals surface area contributed by atoms with E-state index >= 15 is 0 Å². The van der Waals surface area contributed by atoms with E-state index in [9.17, 15) is 13.2 Å². The molecule has 0 saturated heterocycles. The number of para-hydroxylation sites is 1. The summed E-state index contributed by atoms with van der Waals surface area (Å²) in [6.07, 6.45) is 0. The lowest BCUT2D eigenvalue weighted by molar-refractivity contribution is -0.114. The van der Waals surface area contributed by atoms with Crippen molar-refractivity contribution in [1.82, 2.24) is 0 Å². The fourth-order valence-electron chi connectivity index (χ4n) is 2.82. The van der Waals surface area contributed by atoms with Crippen molar-refractivity contribution in [3.63, 3.8) is 0 Å². The number of rotatable bonds is 6. The molecule has 0 spiro atoms. The molecule has 3 aromatic carbocycles. The third-order valence-corrected chi connectivity index (χ3v) is 6.36. The molecule has 8 heteroatoms. The molecule has 0 aliphatic carbocycles. The Balaban J connectivity index is 1.96. The zero-order valence-electron chi connectivity index (χ0n) is 15.5. The number of benzene rings is 3. The maximum Gasteiger partial charge on any atom is 0.264 e. The number of sulfonamides is 1. The van der Waals surface area contributed by atoms with Crippen molar-refractivity contribution in [3.05, 3.63) is 88.4 Å². The summed E-state index contributed by atoms with van der Waals surface area (Å²) in [7, 11) is -3.96. The Morgan fingerprint density at radius 2 is 1.52 bits per heavy atom. The average Bonchev–Trinajstić information content (AvgIpc) is 2.66. The van der Waals surface area contributed by atoms with Gasteiger partial charge in [0.25, 0.3) is 10.0 Å². The van der Waals surface area contributed by atoms with Crippen molar-refractivity contribution >= 4 is 50.5 Å². The van der Waals surface area contributed by atoms with Gasteiger partial charge in [-0.05, 0) is 48.9 Å². The average molecular weight is 449 g/mol. The van der Waals surface area contributed by atoms with Gasteiger partial charge >= 0.3 is 0 Å². The van der Waals surface area contributed by atoms with Gasteiger partial charge in [0, 0.05) is 15.7 Å². The summed E-state index contributed by atoms with van der Waals surface area (Å²) in [6, 6.07) is 19.6. The highest BCUT2D eigenvalue weighted by atomic mass is 35.5. The first-order valence-corrected chi connectivity index (χ1v) is 10.9. The van der Waals surface area contributed by atoms with Crippen molar-refractivity contribution in [3.8, 4) is 0 Å². The van der Waals surface area contributed by atoms with Crippen LogP contribution >= 0.6 is 23.2 Å². The molecule has 0 aromatic heterocycles. The molecule has 0 aliphatic rings. The standard InChI is InChI=1S/C21H18Cl2N2O3S/c1-15-7-5-6-10-20(15)25(29(27,28)19-8-3-2-4-9-19)14-21(26)24-18-12-16(22)11-17(23)13-18/h2-13H,14H2,1H3,(H,24,26). The highest BCUT2D eigenvalue weighted by Gasteiger charge is 2.28. The molecule has 0 saturated carbocycles. The predicted molar refractivity (Wildman–Crippen MR) is 117 cm³/mol. The number of carbonyl (C=O) groups excluding carboxylic acids is 1. The Labute approximate surface area is 179 Å². The number of halogens is 2. The summed E-state index contributed by atoms with van der Waals surface area (Å²) in [5.41, 5.74) is 1.54. The monoisotopic (exact) mass is 448 g/mol. The second kappa shape index (κ2) is 8.86. The highest BCUT2D eigenvalue weighted by molar-refractivity contribution is 7.92. The molecule has 0 radical (unpaired) electrons. The predicted octanol–water partition coefficient (Wildman–Crippen LogP) is 5.14. The lowest BCUT2D eigenvalue weighted by atomic mass is 10.2. The summed E-state index contributed by atoms with van der Waals surface area (Å²) in [5, 5.41) is 3.38. The van der Waals surface area contributed by atoms with Crippen LogP contribution in [0, 0.1) is 6.92 Å². The van der Waals surface area contributed by atoms with E-state index in [2.05, 4.69) is 5.32 Å². The topological polar surface area (TPSA) is 66.5 Å². The second-order valence-electron chi connectivity index (χ2n) is 6.32. The molecule has 0 unspecified atom stereocenters. The van der Waals surface area contributed by atoms with E-state index in [0.29, 0.717) is 21.4 Å². The number of aryl methyl sites for hydroxylation is 1. The van der Waals surface area contributed by atoms with Crippen molar-refractivity contribution in [2.24, 2.45) is 0 Å². The number of hydrogen-bond acceptors (Lipinski definition) is 3. The van der Waals surface area contributed by atoms with Crippen LogP contribution in [-0.4, -0.2) is 20.9 Å². The Hall–Kier alpha value is -2.54. The largest absolute Gasteiger partial charge is 0.324 e. The van der Waals surface area contributed by atoms with Crippen LogP contribution < -0.4 is 9.62 Å². The van der Waals surface area contributed by atoms with E-state index in [1.165, 1.54) is 30.3 Å². The Bertz CT molecular complexity index is 1120. The maximum atomic E-state index is 13.3. The van der Waals surface area contributed by atoms with E-state index < -0.39 is 22.5 Å². The van der Waals surface area contributed by atoms with E-state index in [1.54, 1.807) is 49.4 Å². The Kier molecular flexibility index (Phi) is 6.47. The number of hydrogen-bond donors (Lipinski definition) is 1. The van der Waals surface area contributed by atoms with Gasteiger partial charge in [-0.25, -0.2) is 8.42 Å². The smallest absolute Gasteiger partial charge is 0.264 e. The minimum absolute atomic E-state index is 0.0989. The zero-order valence-corrected chi connectivity index (χ0v) is 17.8. The van der Waals surface area contributed by atoms with E-state index in [-0.39, 0.29) is 4.90 Å². The van der Waals surface area contributed by atoms with Crippen LogP contribution in [0.5, 0.6) is 0 Å². The third kappa shape index (κ3) is 5.09. The molecule has 0 fully saturated rings. The number of anilines is 2. The minimum Gasteiger partial charge on any atom is -0.324 e. The fourth-order valence-corrected chi connectivity index (χ4v) is 4.85. The molecule has 1 N–H and O–H groups in total. The van der Waals surface area contributed by atoms with Crippen LogP contribution in [0.4, 0.5) is 11.4 Å². The number of carbonyl (C=O) groups is 1. The normalized spacial score (nSPS) is 11.1. The lowest BCUT2D eigenvalue weighted by Crippen LogP contribution is -2.38. The zero-order chi connectivity index (χ0) is 21.0. The van der Waals surface area contributed by atoms with Crippen LogP contribution in [0.3, 0.4) is 0 Å². The molecule has 3 rings (SSSR count). The van der Waals surface area contributed by atoms with Gasteiger partial charge in [0.2, 0.25) is 5.91 Å². The van der Waals surface area contributed by atoms with Gasteiger partial charge in [-0.2, -0.15) is 0 Å². The van der Waals surface area contributed by atoms with Crippen molar-refractivity contribution in [1.29, 1.82) is 0 Å². The molecular weight excluding hydrogens is 431 g/mol. The van der Waals surface area contributed by atoms with Gasteiger partial charge in [0.1, 0.15) is 6.54 Å². The summed E-state index contributed by atoms with van der Waals surface area (Å²) in [6.45, 7) is 1.38. The molecule has 0 aliphatic heterocycles. The van der Waals surface area contributed by atoms with Crippen LogP contribution in [0.15, 0.2) is 77.7 Å². The van der Waals surface area contributed by atoms with E-state index in [1.807, 2.05) is 0 Å². The summed E-state index contributed by atoms with van der Waals surface area (Å²) in [4.78, 5) is 12.8. The fraction of sp³-hybridized carbons (Fsp3) is 0.0952. The van der Waals surface area contributed by atoms with Crippen LogP contribution in [0.25, 0.3) is 0 Å². The number of amides is 1. The molecule has 0 heterocycles. The maximum absolute atomic E-state index is 13.3. The van der Waals surface area contributed by atoms with Gasteiger partial charge in [-0.15, -0.1) is 0 Å². The molecule has 150 valence electrons. The first-order chi connectivity index (χ1) is 13.8. The van der Waals surface area contributed by atoms with Crippen LogP contribution in [0.2, 0.25) is 10.0 Å². The molecule has 0 bridgehead atoms. The Morgan fingerprint density at radius 1 is 0.931 bits per heavy atom. The first-order valence-electron chi connectivity index (χ1n) is 8.67. The molecule has 29 heavy (non-hydrogen) atoms. The molecule has 3 aromatic rings. The summed E-state index contributed by atoms with van der Waals surface area (Å²) >= 11 is 11.9. The van der Waals surface area contributed by atoms with Gasteiger partial charge in [-0.1, -0.05) is 59.6 Å². The minimum atomic E-state index is -3.96. The van der Waals surface area contributed by atoms with Crippen LogP contribution in [-0.2, 0) is 14.8 Å². The molecule has 0 atom stereocenters. The Morgan fingerprint density at radius 3 is 2.14 bits per heavy atom. The molecule has 1 amide bonds. The lowest BCUT2D eigenvalue weighted by Gasteiger charge is -2.25. The van der Waals surface area contributed by atoms with Crippen LogP contribution in [0.1, 0.15) is 5.56 Å². The molecule has 5 nitrogen and oxygen atoms in total. The van der Waals surface area contributed by atoms with E-state index in [4.69, 9.17) is 23.2 Å². The number of nitrogens with zero attached hydrogens (tertiary/aromatic N) is 1. The highest BCUT2D eigenvalue weighted by Crippen LogP contribution is 2.27.